The molecule has 0 aromatic heterocycles. The molecule has 0 unspecified atom stereocenters. The first-order chi connectivity index (χ1) is 9.01. The van der Waals surface area contributed by atoms with E-state index in [0.717, 1.165) is 12.2 Å². The minimum Gasteiger partial charge on any atom is -0.369 e. The van der Waals surface area contributed by atoms with Gasteiger partial charge < -0.3 is 15.4 Å². The zero-order valence-corrected chi connectivity index (χ0v) is 11.8. The number of ether oxygens (including phenoxy) is 1. The van der Waals surface area contributed by atoms with Crippen molar-refractivity contribution in [3.05, 3.63) is 29.8 Å². The molecule has 0 radical (unpaired) electrons. The molecule has 1 aliphatic rings. The lowest BCUT2D eigenvalue weighted by molar-refractivity contribution is -0.133. The smallest absolute Gasteiger partial charge is 0.256 e. The fourth-order valence-corrected chi connectivity index (χ4v) is 1.68. The van der Waals surface area contributed by atoms with Gasteiger partial charge in [-0.3, -0.25) is 4.79 Å². The SMILES string of the molecule is COC(C)(C)C(=O)Nc1cccc(CNC2CC2)c1. The summed E-state index contributed by atoms with van der Waals surface area (Å²) in [7, 11) is 1.54. The molecule has 0 spiro atoms. The molecule has 0 atom stereocenters. The van der Waals surface area contributed by atoms with Crippen LogP contribution in [0.1, 0.15) is 32.3 Å². The van der Waals surface area contributed by atoms with Crippen LogP contribution in [0.15, 0.2) is 24.3 Å². The second-order valence-electron chi connectivity index (χ2n) is 5.52. The minimum absolute atomic E-state index is 0.137. The first kappa shape index (κ1) is 14.0. The van der Waals surface area contributed by atoms with E-state index in [4.69, 9.17) is 4.74 Å². The third-order valence-electron chi connectivity index (χ3n) is 3.41. The monoisotopic (exact) mass is 262 g/mol. The van der Waals surface area contributed by atoms with E-state index in [1.165, 1.54) is 25.5 Å². The summed E-state index contributed by atoms with van der Waals surface area (Å²) in [6.07, 6.45) is 2.55. The number of methoxy groups -OCH3 is 1. The van der Waals surface area contributed by atoms with Crippen LogP contribution < -0.4 is 10.6 Å². The molecule has 2 N–H and O–H groups in total. The third-order valence-corrected chi connectivity index (χ3v) is 3.41. The molecule has 0 bridgehead atoms. The fourth-order valence-electron chi connectivity index (χ4n) is 1.68. The van der Waals surface area contributed by atoms with E-state index >= 15 is 0 Å². The van der Waals surface area contributed by atoms with Crippen molar-refractivity contribution in [1.29, 1.82) is 0 Å². The Morgan fingerprint density at radius 1 is 1.42 bits per heavy atom. The van der Waals surface area contributed by atoms with Crippen molar-refractivity contribution < 1.29 is 9.53 Å². The number of anilines is 1. The van der Waals surface area contributed by atoms with E-state index in [1.54, 1.807) is 13.8 Å². The van der Waals surface area contributed by atoms with Crippen molar-refractivity contribution in [2.75, 3.05) is 12.4 Å². The van der Waals surface area contributed by atoms with Crippen LogP contribution in [-0.4, -0.2) is 24.7 Å². The molecule has 1 aromatic rings. The predicted octanol–water partition coefficient (Wildman–Crippen LogP) is 2.30. The summed E-state index contributed by atoms with van der Waals surface area (Å²) in [6.45, 7) is 4.35. The quantitative estimate of drug-likeness (QED) is 0.827. The van der Waals surface area contributed by atoms with Gasteiger partial charge in [-0.2, -0.15) is 0 Å². The van der Waals surface area contributed by atoms with Gasteiger partial charge in [-0.25, -0.2) is 0 Å². The van der Waals surface area contributed by atoms with Gasteiger partial charge in [0.1, 0.15) is 5.60 Å². The number of carbonyl (C=O) groups excluding carboxylic acids is 1. The van der Waals surface area contributed by atoms with E-state index in [1.807, 2.05) is 18.2 Å². The molecule has 2 rings (SSSR count). The van der Waals surface area contributed by atoms with Crippen LogP contribution >= 0.6 is 0 Å². The highest BCUT2D eigenvalue weighted by atomic mass is 16.5. The summed E-state index contributed by atoms with van der Waals surface area (Å²) in [6, 6.07) is 8.60. The number of benzene rings is 1. The zero-order valence-electron chi connectivity index (χ0n) is 11.8. The molecule has 0 heterocycles. The normalized spacial score (nSPS) is 15.3. The summed E-state index contributed by atoms with van der Waals surface area (Å²) >= 11 is 0. The minimum atomic E-state index is -0.817. The maximum absolute atomic E-state index is 12.0. The molecule has 0 aliphatic heterocycles. The lowest BCUT2D eigenvalue weighted by Crippen LogP contribution is -2.38. The number of hydrogen-bond donors (Lipinski definition) is 2. The van der Waals surface area contributed by atoms with Gasteiger partial charge in [-0.05, 0) is 44.4 Å². The third kappa shape index (κ3) is 4.04. The van der Waals surface area contributed by atoms with Gasteiger partial charge in [0, 0.05) is 25.4 Å². The highest BCUT2D eigenvalue weighted by Gasteiger charge is 2.27. The number of amides is 1. The van der Waals surface area contributed by atoms with E-state index in [2.05, 4.69) is 16.7 Å². The van der Waals surface area contributed by atoms with Gasteiger partial charge in [0.15, 0.2) is 0 Å². The van der Waals surface area contributed by atoms with Crippen LogP contribution in [0.2, 0.25) is 0 Å². The van der Waals surface area contributed by atoms with Gasteiger partial charge in [0.25, 0.3) is 5.91 Å². The van der Waals surface area contributed by atoms with Crippen LogP contribution in [0, 0.1) is 0 Å². The maximum atomic E-state index is 12.0. The summed E-state index contributed by atoms with van der Waals surface area (Å²) in [4.78, 5) is 12.0. The van der Waals surface area contributed by atoms with Gasteiger partial charge >= 0.3 is 0 Å². The second kappa shape index (κ2) is 5.72. The molecule has 0 saturated heterocycles. The fraction of sp³-hybridized carbons (Fsp3) is 0.533. The highest BCUT2D eigenvalue weighted by Crippen LogP contribution is 2.20. The van der Waals surface area contributed by atoms with Crippen LogP contribution in [-0.2, 0) is 16.1 Å². The van der Waals surface area contributed by atoms with E-state index in [-0.39, 0.29) is 5.91 Å². The van der Waals surface area contributed by atoms with Gasteiger partial charge in [-0.15, -0.1) is 0 Å². The molecule has 1 amide bonds. The Balaban J connectivity index is 1.95. The molecular formula is C15H22N2O2. The molecule has 4 heteroatoms. The van der Waals surface area contributed by atoms with Gasteiger partial charge in [0.05, 0.1) is 0 Å². The van der Waals surface area contributed by atoms with E-state index < -0.39 is 5.60 Å². The highest BCUT2D eigenvalue weighted by molar-refractivity contribution is 5.96. The number of nitrogens with one attached hydrogen (secondary N) is 2. The Morgan fingerprint density at radius 3 is 2.79 bits per heavy atom. The largest absolute Gasteiger partial charge is 0.369 e. The molecule has 1 aliphatic carbocycles. The van der Waals surface area contributed by atoms with Crippen LogP contribution in [0.25, 0.3) is 0 Å². The van der Waals surface area contributed by atoms with E-state index in [9.17, 15) is 4.79 Å². The Kier molecular flexibility index (Phi) is 4.22. The zero-order chi connectivity index (χ0) is 13.9. The van der Waals surface area contributed by atoms with Crippen molar-refractivity contribution in [3.8, 4) is 0 Å². The van der Waals surface area contributed by atoms with E-state index in [0.29, 0.717) is 6.04 Å². The summed E-state index contributed by atoms with van der Waals surface area (Å²) in [5.74, 6) is -0.137. The lowest BCUT2D eigenvalue weighted by Gasteiger charge is -2.21. The van der Waals surface area contributed by atoms with Crippen molar-refractivity contribution in [3.63, 3.8) is 0 Å². The molecule has 4 nitrogen and oxygen atoms in total. The van der Waals surface area contributed by atoms with Gasteiger partial charge in [0.2, 0.25) is 0 Å². The summed E-state index contributed by atoms with van der Waals surface area (Å²) < 4.78 is 5.16. The van der Waals surface area contributed by atoms with Crippen molar-refractivity contribution in [1.82, 2.24) is 5.32 Å². The molecule has 1 aromatic carbocycles. The van der Waals surface area contributed by atoms with Crippen LogP contribution in [0.5, 0.6) is 0 Å². The van der Waals surface area contributed by atoms with Crippen molar-refractivity contribution >= 4 is 11.6 Å². The Bertz CT molecular complexity index is 453. The molecule has 1 saturated carbocycles. The second-order valence-corrected chi connectivity index (χ2v) is 5.52. The summed E-state index contributed by atoms with van der Waals surface area (Å²) in [5.41, 5.74) is 1.17. The first-order valence-corrected chi connectivity index (χ1v) is 6.70. The molecule has 104 valence electrons. The predicted molar refractivity (Wildman–Crippen MR) is 76.0 cm³/mol. The average molecular weight is 262 g/mol. The van der Waals surface area contributed by atoms with Crippen LogP contribution in [0.4, 0.5) is 5.69 Å². The molecule has 1 fully saturated rings. The van der Waals surface area contributed by atoms with Crippen molar-refractivity contribution in [2.24, 2.45) is 0 Å². The van der Waals surface area contributed by atoms with Gasteiger partial charge in [-0.1, -0.05) is 12.1 Å². The van der Waals surface area contributed by atoms with Crippen LogP contribution in [0.3, 0.4) is 0 Å². The first-order valence-electron chi connectivity index (χ1n) is 6.70. The Labute approximate surface area is 114 Å². The lowest BCUT2D eigenvalue weighted by atomic mass is 10.1. The Morgan fingerprint density at radius 2 is 2.16 bits per heavy atom. The number of rotatable bonds is 6. The summed E-state index contributed by atoms with van der Waals surface area (Å²) in [5, 5.41) is 6.34. The topological polar surface area (TPSA) is 50.4 Å². The van der Waals surface area contributed by atoms with Crippen molar-refractivity contribution in [2.45, 2.75) is 44.9 Å². The Hall–Kier alpha value is -1.39. The average Bonchev–Trinajstić information content (AvgIpc) is 3.21. The number of carbonyl (C=O) groups is 1. The number of hydrogen-bond acceptors (Lipinski definition) is 3. The molecule has 19 heavy (non-hydrogen) atoms. The maximum Gasteiger partial charge on any atom is 0.256 e. The molecular weight excluding hydrogens is 240 g/mol. The standard InChI is InChI=1S/C15H22N2O2/c1-15(2,19-3)14(18)17-13-6-4-5-11(9-13)10-16-12-7-8-12/h4-6,9,12,16H,7-8,10H2,1-3H3,(H,17,18).